The standard InChI is InChI=1S/C13H20BrN3O/c1-9(11-5-3-4-6-15-11)16-13(18)12-7-10(14)8-17(12)2/h7-9,11,15H,3-6H2,1-2H3,(H,16,18). The van der Waals surface area contributed by atoms with E-state index in [0.29, 0.717) is 11.7 Å². The molecule has 1 aliphatic rings. The van der Waals surface area contributed by atoms with Gasteiger partial charge < -0.3 is 15.2 Å². The van der Waals surface area contributed by atoms with Crippen molar-refractivity contribution in [2.24, 2.45) is 7.05 Å². The summed E-state index contributed by atoms with van der Waals surface area (Å²) in [6.07, 6.45) is 5.51. The van der Waals surface area contributed by atoms with E-state index in [0.717, 1.165) is 17.4 Å². The fourth-order valence-electron chi connectivity index (χ4n) is 2.44. The molecule has 0 aromatic carbocycles. The van der Waals surface area contributed by atoms with E-state index >= 15 is 0 Å². The average Bonchev–Trinajstić information content (AvgIpc) is 2.69. The highest BCUT2D eigenvalue weighted by molar-refractivity contribution is 9.10. The fraction of sp³-hybridized carbons (Fsp3) is 0.615. The maximum absolute atomic E-state index is 12.2. The van der Waals surface area contributed by atoms with Gasteiger partial charge in [0, 0.05) is 29.8 Å². The minimum atomic E-state index is -0.0110. The highest BCUT2D eigenvalue weighted by Crippen LogP contribution is 2.15. The monoisotopic (exact) mass is 313 g/mol. The normalized spacial score (nSPS) is 21.6. The molecule has 0 aliphatic carbocycles. The zero-order chi connectivity index (χ0) is 13.1. The topological polar surface area (TPSA) is 46.1 Å². The number of piperidine rings is 1. The van der Waals surface area contributed by atoms with Crippen LogP contribution in [0.2, 0.25) is 0 Å². The average molecular weight is 314 g/mol. The van der Waals surface area contributed by atoms with Gasteiger partial charge in [-0.05, 0) is 48.3 Å². The molecule has 2 N–H and O–H groups in total. The van der Waals surface area contributed by atoms with Crippen molar-refractivity contribution < 1.29 is 4.79 Å². The predicted octanol–water partition coefficient (Wildman–Crippen LogP) is 2.05. The highest BCUT2D eigenvalue weighted by Gasteiger charge is 2.22. The Hall–Kier alpha value is -0.810. The van der Waals surface area contributed by atoms with Crippen LogP contribution in [0.4, 0.5) is 0 Å². The molecular weight excluding hydrogens is 294 g/mol. The van der Waals surface area contributed by atoms with Crippen molar-refractivity contribution in [3.8, 4) is 0 Å². The number of hydrogen-bond donors (Lipinski definition) is 2. The molecule has 0 spiro atoms. The maximum Gasteiger partial charge on any atom is 0.268 e. The highest BCUT2D eigenvalue weighted by atomic mass is 79.9. The van der Waals surface area contributed by atoms with Gasteiger partial charge in [0.05, 0.1) is 0 Å². The molecule has 2 heterocycles. The summed E-state index contributed by atoms with van der Waals surface area (Å²) in [6, 6.07) is 2.40. The number of nitrogens with zero attached hydrogens (tertiary/aromatic N) is 1. The first-order valence-corrected chi connectivity index (χ1v) is 7.23. The van der Waals surface area contributed by atoms with E-state index in [1.165, 1.54) is 12.8 Å². The third-order valence-corrected chi connectivity index (χ3v) is 3.95. The van der Waals surface area contributed by atoms with E-state index in [9.17, 15) is 4.79 Å². The number of rotatable bonds is 3. The molecule has 1 aromatic rings. The minimum absolute atomic E-state index is 0.0110. The molecule has 1 amide bonds. The van der Waals surface area contributed by atoms with Gasteiger partial charge in [-0.15, -0.1) is 0 Å². The van der Waals surface area contributed by atoms with E-state index in [-0.39, 0.29) is 11.9 Å². The summed E-state index contributed by atoms with van der Waals surface area (Å²) >= 11 is 3.38. The van der Waals surface area contributed by atoms with E-state index in [1.807, 2.05) is 23.9 Å². The van der Waals surface area contributed by atoms with Crippen LogP contribution >= 0.6 is 15.9 Å². The van der Waals surface area contributed by atoms with Crippen molar-refractivity contribution in [3.05, 3.63) is 22.4 Å². The van der Waals surface area contributed by atoms with E-state index in [4.69, 9.17) is 0 Å². The Bertz CT molecular complexity index is 424. The van der Waals surface area contributed by atoms with Gasteiger partial charge in [0.1, 0.15) is 5.69 Å². The van der Waals surface area contributed by atoms with Gasteiger partial charge in [-0.25, -0.2) is 0 Å². The van der Waals surface area contributed by atoms with Gasteiger partial charge >= 0.3 is 0 Å². The molecule has 2 unspecified atom stereocenters. The summed E-state index contributed by atoms with van der Waals surface area (Å²) in [4.78, 5) is 12.2. The molecule has 1 saturated heterocycles. The number of amides is 1. The Balaban J connectivity index is 1.96. The molecule has 1 fully saturated rings. The number of carbonyl (C=O) groups excluding carboxylic acids is 1. The first-order chi connectivity index (χ1) is 8.58. The molecule has 0 radical (unpaired) electrons. The summed E-state index contributed by atoms with van der Waals surface area (Å²) in [5.74, 6) is -0.0110. The van der Waals surface area contributed by atoms with Gasteiger partial charge in [0.2, 0.25) is 0 Å². The number of aromatic nitrogens is 1. The lowest BCUT2D eigenvalue weighted by atomic mass is 9.99. The smallest absolute Gasteiger partial charge is 0.268 e. The third kappa shape index (κ3) is 3.14. The van der Waals surface area contributed by atoms with Crippen molar-refractivity contribution in [1.82, 2.24) is 15.2 Å². The second-order valence-electron chi connectivity index (χ2n) is 4.97. The second-order valence-corrected chi connectivity index (χ2v) is 5.89. The number of halogens is 1. The number of hydrogen-bond acceptors (Lipinski definition) is 2. The Kier molecular flexibility index (Phi) is 4.45. The SMILES string of the molecule is CC(NC(=O)c1cc(Br)cn1C)C1CCCCN1. The molecule has 5 heteroatoms. The fourth-order valence-corrected chi connectivity index (χ4v) is 2.96. The lowest BCUT2D eigenvalue weighted by Crippen LogP contribution is -2.50. The first kappa shape index (κ1) is 13.6. The van der Waals surface area contributed by atoms with Crippen LogP contribution in [0.5, 0.6) is 0 Å². The molecule has 1 aliphatic heterocycles. The van der Waals surface area contributed by atoms with Gasteiger partial charge in [-0.3, -0.25) is 4.79 Å². The lowest BCUT2D eigenvalue weighted by molar-refractivity contribution is 0.0920. The first-order valence-electron chi connectivity index (χ1n) is 6.44. The summed E-state index contributed by atoms with van der Waals surface area (Å²) in [5, 5.41) is 6.54. The van der Waals surface area contributed by atoms with Crippen molar-refractivity contribution in [2.45, 2.75) is 38.3 Å². The van der Waals surface area contributed by atoms with E-state index < -0.39 is 0 Å². The van der Waals surface area contributed by atoms with Crippen LogP contribution in [0.1, 0.15) is 36.7 Å². The van der Waals surface area contributed by atoms with Crippen molar-refractivity contribution in [2.75, 3.05) is 6.54 Å². The third-order valence-electron chi connectivity index (χ3n) is 3.51. The van der Waals surface area contributed by atoms with Gasteiger partial charge in [-0.2, -0.15) is 0 Å². The van der Waals surface area contributed by atoms with Crippen LogP contribution in [0, 0.1) is 0 Å². The maximum atomic E-state index is 12.2. The van der Waals surface area contributed by atoms with Crippen molar-refractivity contribution in [3.63, 3.8) is 0 Å². The van der Waals surface area contributed by atoms with Crippen molar-refractivity contribution in [1.29, 1.82) is 0 Å². The number of carbonyl (C=O) groups is 1. The van der Waals surface area contributed by atoms with Crippen LogP contribution in [-0.2, 0) is 7.05 Å². The zero-order valence-corrected chi connectivity index (χ0v) is 12.5. The van der Waals surface area contributed by atoms with Crippen LogP contribution in [0.3, 0.4) is 0 Å². The van der Waals surface area contributed by atoms with E-state index in [1.54, 1.807) is 0 Å². The molecule has 1 aromatic heterocycles. The van der Waals surface area contributed by atoms with Gasteiger partial charge in [-0.1, -0.05) is 6.42 Å². The van der Waals surface area contributed by atoms with E-state index in [2.05, 4.69) is 33.5 Å². The predicted molar refractivity (Wildman–Crippen MR) is 75.7 cm³/mol. The minimum Gasteiger partial charge on any atom is -0.347 e. The summed E-state index contributed by atoms with van der Waals surface area (Å²) in [6.45, 7) is 3.12. The van der Waals surface area contributed by atoms with Gasteiger partial charge in [0.15, 0.2) is 0 Å². The van der Waals surface area contributed by atoms with Crippen LogP contribution in [0.25, 0.3) is 0 Å². The van der Waals surface area contributed by atoms with Gasteiger partial charge in [0.25, 0.3) is 5.91 Å². The quantitative estimate of drug-likeness (QED) is 0.897. The molecule has 100 valence electrons. The second kappa shape index (κ2) is 5.89. The molecule has 18 heavy (non-hydrogen) atoms. The Morgan fingerprint density at radius 3 is 2.94 bits per heavy atom. The molecule has 0 bridgehead atoms. The molecule has 0 saturated carbocycles. The van der Waals surface area contributed by atoms with Crippen LogP contribution in [0.15, 0.2) is 16.7 Å². The Labute approximate surface area is 116 Å². The molecule has 4 nitrogen and oxygen atoms in total. The lowest BCUT2D eigenvalue weighted by Gasteiger charge is -2.29. The number of aryl methyl sites for hydroxylation is 1. The summed E-state index contributed by atoms with van der Waals surface area (Å²) in [5.41, 5.74) is 0.685. The van der Waals surface area contributed by atoms with Crippen molar-refractivity contribution >= 4 is 21.8 Å². The van der Waals surface area contributed by atoms with Crippen LogP contribution < -0.4 is 10.6 Å². The molecule has 2 atom stereocenters. The summed E-state index contributed by atoms with van der Waals surface area (Å²) < 4.78 is 2.76. The Morgan fingerprint density at radius 2 is 2.39 bits per heavy atom. The Morgan fingerprint density at radius 1 is 1.61 bits per heavy atom. The number of nitrogens with one attached hydrogen (secondary N) is 2. The van der Waals surface area contributed by atoms with Crippen LogP contribution in [-0.4, -0.2) is 29.1 Å². The molecular formula is C13H20BrN3O. The molecule has 2 rings (SSSR count). The zero-order valence-electron chi connectivity index (χ0n) is 10.9. The summed E-state index contributed by atoms with van der Waals surface area (Å²) in [7, 11) is 1.88. The largest absolute Gasteiger partial charge is 0.347 e.